The van der Waals surface area contributed by atoms with E-state index in [0.29, 0.717) is 0 Å². The van der Waals surface area contributed by atoms with Gasteiger partial charge in [-0.3, -0.25) is 14.9 Å². The van der Waals surface area contributed by atoms with Crippen molar-refractivity contribution in [3.05, 3.63) is 39.9 Å². The molecule has 6 nitrogen and oxygen atoms in total. The number of sulfone groups is 1. The highest BCUT2D eigenvalue weighted by atomic mass is 35.5. The van der Waals surface area contributed by atoms with Gasteiger partial charge in [0.15, 0.2) is 15.6 Å². The lowest BCUT2D eigenvalue weighted by atomic mass is 10.1. The number of benzene rings is 1. The van der Waals surface area contributed by atoms with Crippen LogP contribution in [0.1, 0.15) is 17.3 Å². The van der Waals surface area contributed by atoms with Crippen molar-refractivity contribution in [1.29, 1.82) is 0 Å². The average molecular weight is 292 g/mol. The van der Waals surface area contributed by atoms with E-state index in [0.717, 1.165) is 19.2 Å². The van der Waals surface area contributed by atoms with Gasteiger partial charge in [0.1, 0.15) is 0 Å². The Morgan fingerprint density at radius 1 is 1.44 bits per heavy atom. The van der Waals surface area contributed by atoms with Crippen LogP contribution in [0.2, 0.25) is 0 Å². The molecule has 1 aromatic rings. The summed E-state index contributed by atoms with van der Waals surface area (Å²) in [5, 5.41) is 10.6. The van der Waals surface area contributed by atoms with Gasteiger partial charge in [-0.25, -0.2) is 8.42 Å². The van der Waals surface area contributed by atoms with Crippen LogP contribution in [0.15, 0.2) is 24.3 Å². The van der Waals surface area contributed by atoms with E-state index in [2.05, 4.69) is 0 Å². The molecule has 1 aromatic carbocycles. The molecule has 0 saturated heterocycles. The molecule has 98 valence electrons. The number of nitrogens with zero attached hydrogens (tertiary/aromatic N) is 1. The molecule has 0 aromatic heterocycles. The molecule has 18 heavy (non-hydrogen) atoms. The first kappa shape index (κ1) is 14.6. The normalized spacial score (nSPS) is 14.8. The van der Waals surface area contributed by atoms with Gasteiger partial charge in [-0.2, -0.15) is 0 Å². The van der Waals surface area contributed by atoms with E-state index in [9.17, 15) is 23.3 Å². The fraction of sp³-hybridized carbons (Fsp3) is 0.300. The third-order valence-corrected chi connectivity index (χ3v) is 5.01. The smallest absolute Gasteiger partial charge is 0.270 e. The second-order valence-electron chi connectivity index (χ2n) is 3.83. The molecule has 8 heteroatoms. The number of carbonyl (C=O) groups is 1. The van der Waals surface area contributed by atoms with E-state index in [1.807, 2.05) is 0 Å². The summed E-state index contributed by atoms with van der Waals surface area (Å²) in [5.74, 6) is -0.893. The monoisotopic (exact) mass is 291 g/mol. The van der Waals surface area contributed by atoms with Crippen molar-refractivity contribution < 1.29 is 18.1 Å². The topological polar surface area (TPSA) is 94.3 Å². The number of nitro groups is 1. The zero-order valence-corrected chi connectivity index (χ0v) is 11.2. The number of alkyl halides is 1. The number of ketones is 1. The van der Waals surface area contributed by atoms with Crippen LogP contribution in [0.5, 0.6) is 0 Å². The number of hydrogen-bond acceptors (Lipinski definition) is 5. The van der Waals surface area contributed by atoms with Gasteiger partial charge in [0.2, 0.25) is 4.21 Å². The van der Waals surface area contributed by atoms with Gasteiger partial charge in [-0.05, 0) is 6.92 Å². The minimum atomic E-state index is -3.84. The Balaban J connectivity index is 3.28. The highest BCUT2D eigenvalue weighted by Gasteiger charge is 2.42. The number of carbonyl (C=O) groups excluding carboxylic acids is 1. The third kappa shape index (κ3) is 2.68. The highest BCUT2D eigenvalue weighted by Crippen LogP contribution is 2.27. The average Bonchev–Trinajstić information content (AvgIpc) is 2.26. The van der Waals surface area contributed by atoms with Gasteiger partial charge in [-0.1, -0.05) is 23.7 Å². The largest absolute Gasteiger partial charge is 0.291 e. The standard InChI is InChI=1S/C10H10ClNO5S/c1-10(11,18(2,16)17)9(13)7-4-3-5-8(6-7)12(14)15/h3-6H,1-2H3/t10-/m1/s1. The van der Waals surface area contributed by atoms with Gasteiger partial charge in [0.05, 0.1) is 4.92 Å². The first-order valence-corrected chi connectivity index (χ1v) is 7.02. The maximum Gasteiger partial charge on any atom is 0.270 e. The zero-order chi connectivity index (χ0) is 14.1. The van der Waals surface area contributed by atoms with Crippen LogP contribution in [0.25, 0.3) is 0 Å². The van der Waals surface area contributed by atoms with E-state index in [1.165, 1.54) is 18.2 Å². The second kappa shape index (κ2) is 4.66. The summed E-state index contributed by atoms with van der Waals surface area (Å²) in [7, 11) is -3.84. The molecular formula is C10H10ClNO5S. The Bertz CT molecular complexity index is 608. The van der Waals surface area contributed by atoms with Crippen molar-refractivity contribution in [3.63, 3.8) is 0 Å². The number of halogens is 1. The Morgan fingerprint density at radius 2 is 2.00 bits per heavy atom. The first-order chi connectivity index (χ1) is 8.07. The summed E-state index contributed by atoms with van der Waals surface area (Å²) in [6.45, 7) is 1.05. The lowest BCUT2D eigenvalue weighted by molar-refractivity contribution is -0.384. The molecule has 0 aliphatic carbocycles. The van der Waals surface area contributed by atoms with E-state index in [1.54, 1.807) is 0 Å². The molecule has 0 spiro atoms. The molecule has 0 N–H and O–H groups in total. The van der Waals surface area contributed by atoms with Crippen LogP contribution in [0.3, 0.4) is 0 Å². The van der Waals surface area contributed by atoms with Gasteiger partial charge < -0.3 is 0 Å². The molecule has 0 heterocycles. The summed E-state index contributed by atoms with van der Waals surface area (Å²) in [4.78, 5) is 21.8. The lowest BCUT2D eigenvalue weighted by Crippen LogP contribution is -2.37. The Labute approximate surface area is 109 Å². The van der Waals surface area contributed by atoms with Crippen LogP contribution in [-0.4, -0.2) is 29.6 Å². The molecule has 0 fully saturated rings. The van der Waals surface area contributed by atoms with Crippen LogP contribution in [0.4, 0.5) is 5.69 Å². The van der Waals surface area contributed by atoms with Crippen LogP contribution < -0.4 is 0 Å². The maximum absolute atomic E-state index is 12.0. The zero-order valence-electron chi connectivity index (χ0n) is 9.58. The van der Waals surface area contributed by atoms with Crippen molar-refractivity contribution in [2.24, 2.45) is 0 Å². The summed E-state index contributed by atoms with van der Waals surface area (Å²) in [5.41, 5.74) is -0.422. The van der Waals surface area contributed by atoms with Crippen molar-refractivity contribution in [2.45, 2.75) is 11.1 Å². The summed E-state index contributed by atoms with van der Waals surface area (Å²) in [6.07, 6.45) is 0.829. The first-order valence-electron chi connectivity index (χ1n) is 4.75. The molecule has 0 aliphatic heterocycles. The number of hydrogen-bond donors (Lipinski definition) is 0. The molecule has 0 radical (unpaired) electrons. The van der Waals surface area contributed by atoms with E-state index in [4.69, 9.17) is 11.6 Å². The predicted octanol–water partition coefficient (Wildman–Crippen LogP) is 1.78. The van der Waals surface area contributed by atoms with Gasteiger partial charge >= 0.3 is 0 Å². The minimum absolute atomic E-state index is 0.118. The van der Waals surface area contributed by atoms with Crippen molar-refractivity contribution in [3.8, 4) is 0 Å². The predicted molar refractivity (Wildman–Crippen MR) is 66.5 cm³/mol. The molecule has 0 aliphatic rings. The molecule has 1 atom stereocenters. The van der Waals surface area contributed by atoms with Crippen molar-refractivity contribution in [1.82, 2.24) is 0 Å². The number of Topliss-reactive ketones (excluding diaryl/α,β-unsaturated/α-hetero) is 1. The fourth-order valence-electron chi connectivity index (χ4n) is 1.19. The molecule has 0 unspecified atom stereocenters. The van der Waals surface area contributed by atoms with Crippen molar-refractivity contribution >= 4 is 32.9 Å². The van der Waals surface area contributed by atoms with Crippen LogP contribution >= 0.6 is 11.6 Å². The van der Waals surface area contributed by atoms with Crippen LogP contribution in [0, 0.1) is 10.1 Å². The number of nitro benzene ring substituents is 1. The fourth-order valence-corrected chi connectivity index (χ4v) is 1.75. The van der Waals surface area contributed by atoms with E-state index >= 15 is 0 Å². The molecule has 0 saturated carbocycles. The summed E-state index contributed by atoms with van der Waals surface area (Å²) < 4.78 is 20.7. The molecule has 0 bridgehead atoms. The second-order valence-corrected chi connectivity index (χ2v) is 7.17. The quantitative estimate of drug-likeness (QED) is 0.365. The third-order valence-electron chi connectivity index (χ3n) is 2.42. The Hall–Kier alpha value is -1.47. The van der Waals surface area contributed by atoms with Crippen LogP contribution in [-0.2, 0) is 9.84 Å². The molecular weight excluding hydrogens is 282 g/mol. The molecule has 1 rings (SSSR count). The Morgan fingerprint density at radius 3 is 2.44 bits per heavy atom. The summed E-state index contributed by atoms with van der Waals surface area (Å²) in [6, 6.07) is 4.76. The Kier molecular flexibility index (Phi) is 3.78. The van der Waals surface area contributed by atoms with E-state index < -0.39 is 24.8 Å². The van der Waals surface area contributed by atoms with E-state index in [-0.39, 0.29) is 11.3 Å². The maximum atomic E-state index is 12.0. The van der Waals surface area contributed by atoms with Gasteiger partial charge in [0.25, 0.3) is 5.69 Å². The summed E-state index contributed by atoms with van der Waals surface area (Å²) >= 11 is 5.72. The van der Waals surface area contributed by atoms with Crippen molar-refractivity contribution in [2.75, 3.05) is 6.26 Å². The SMILES string of the molecule is C[C@](Cl)(C(=O)c1cccc([N+](=O)[O-])c1)S(C)(=O)=O. The number of non-ortho nitro benzene ring substituents is 1. The van der Waals surface area contributed by atoms with Gasteiger partial charge in [0, 0.05) is 24.0 Å². The lowest BCUT2D eigenvalue weighted by Gasteiger charge is -2.18. The minimum Gasteiger partial charge on any atom is -0.291 e. The molecule has 0 amide bonds. The van der Waals surface area contributed by atoms with Gasteiger partial charge in [-0.15, -0.1) is 0 Å². The highest BCUT2D eigenvalue weighted by molar-refractivity contribution is 7.94. The number of rotatable bonds is 4.